The molecular weight excluding hydrogens is 803 g/mol. The van der Waals surface area contributed by atoms with E-state index in [4.69, 9.17) is 24.4 Å². The van der Waals surface area contributed by atoms with Crippen LogP contribution in [0.5, 0.6) is 23.0 Å². The van der Waals surface area contributed by atoms with E-state index in [0.717, 1.165) is 44.5 Å². The maximum atomic E-state index is 7.10. The van der Waals surface area contributed by atoms with Gasteiger partial charge in [0, 0.05) is 42.4 Å². The van der Waals surface area contributed by atoms with E-state index in [1.54, 1.807) is 11.3 Å². The Hall–Kier alpha value is -8.19. The number of fused-ring (bicyclic) bond motifs is 9. The van der Waals surface area contributed by atoms with Crippen LogP contribution in [0.4, 0.5) is 0 Å². The highest BCUT2D eigenvalue weighted by Gasteiger charge is 2.48. The van der Waals surface area contributed by atoms with Crippen molar-refractivity contribution < 1.29 is 9.47 Å². The lowest BCUT2D eigenvalue weighted by atomic mass is 9.68. The van der Waals surface area contributed by atoms with Gasteiger partial charge in [-0.2, -0.15) is 0 Å². The van der Waals surface area contributed by atoms with E-state index in [2.05, 4.69) is 170 Å². The molecule has 0 saturated carbocycles. The summed E-state index contributed by atoms with van der Waals surface area (Å²) in [5.41, 5.74) is 11.0. The molecule has 2 aromatic heterocycles. The molecule has 0 atom stereocenters. The molecule has 0 saturated heterocycles. The number of aromatic nitrogens is 3. The van der Waals surface area contributed by atoms with Gasteiger partial charge in [0.1, 0.15) is 0 Å². The van der Waals surface area contributed by atoms with Gasteiger partial charge in [-0.15, -0.1) is 11.3 Å². The molecule has 0 unspecified atom stereocenters. The zero-order valence-corrected chi connectivity index (χ0v) is 35.1. The Balaban J connectivity index is 0.938. The average Bonchev–Trinajstić information content (AvgIpc) is 3.90. The molecule has 0 N–H and O–H groups in total. The molecule has 0 fully saturated rings. The van der Waals surface area contributed by atoms with Crippen LogP contribution in [0.25, 0.3) is 76.6 Å². The molecule has 1 aliphatic carbocycles. The zero-order chi connectivity index (χ0) is 42.2. The Morgan fingerprint density at radius 3 is 1.73 bits per heavy atom. The van der Waals surface area contributed by atoms with E-state index in [9.17, 15) is 0 Å². The highest BCUT2D eigenvalue weighted by molar-refractivity contribution is 7.25. The molecule has 300 valence electrons. The van der Waals surface area contributed by atoms with Gasteiger partial charge in [0.05, 0.1) is 5.41 Å². The first-order valence-electron chi connectivity index (χ1n) is 21.4. The SMILES string of the molecule is c1ccc(-c2nc(-c3ccc4c(c3)sc3ccccc34)nc(-c3ccccc3-c3ccc4c(c3)Oc3c(ccc5c3-c3ccccc3C5(c3ccccc3)c3ccccc3)O4)n2)cc1. The summed E-state index contributed by atoms with van der Waals surface area (Å²) in [5, 5.41) is 2.49. The summed E-state index contributed by atoms with van der Waals surface area (Å²) in [5.74, 6) is 4.51. The van der Waals surface area contributed by atoms with Crippen molar-refractivity contribution in [3.63, 3.8) is 0 Å². The Morgan fingerprint density at radius 1 is 0.359 bits per heavy atom. The van der Waals surface area contributed by atoms with Crippen molar-refractivity contribution >= 4 is 31.5 Å². The second-order valence-corrected chi connectivity index (χ2v) is 17.3. The highest BCUT2D eigenvalue weighted by atomic mass is 32.1. The monoisotopic (exact) mass is 837 g/mol. The predicted octanol–water partition coefficient (Wildman–Crippen LogP) is 15.2. The molecule has 1 aliphatic heterocycles. The molecule has 6 heteroatoms. The van der Waals surface area contributed by atoms with E-state index in [1.807, 2.05) is 42.5 Å². The number of hydrogen-bond acceptors (Lipinski definition) is 6. The molecule has 0 radical (unpaired) electrons. The molecule has 2 aliphatic rings. The van der Waals surface area contributed by atoms with Crippen LogP contribution in [0.3, 0.4) is 0 Å². The Bertz CT molecular complexity index is 3590. The topological polar surface area (TPSA) is 57.1 Å². The van der Waals surface area contributed by atoms with Crippen LogP contribution in [0.15, 0.2) is 212 Å². The highest BCUT2D eigenvalue weighted by Crippen LogP contribution is 2.62. The summed E-state index contributed by atoms with van der Waals surface area (Å²) >= 11 is 1.79. The van der Waals surface area contributed by atoms with Crippen molar-refractivity contribution in [3.05, 3.63) is 235 Å². The number of hydrogen-bond donors (Lipinski definition) is 0. The van der Waals surface area contributed by atoms with Gasteiger partial charge in [-0.05, 0) is 69.3 Å². The van der Waals surface area contributed by atoms with Crippen molar-refractivity contribution in [3.8, 4) is 79.4 Å². The molecule has 0 amide bonds. The van der Waals surface area contributed by atoms with Crippen LogP contribution in [0.1, 0.15) is 22.3 Å². The van der Waals surface area contributed by atoms with Gasteiger partial charge >= 0.3 is 0 Å². The van der Waals surface area contributed by atoms with Crippen molar-refractivity contribution in [2.24, 2.45) is 0 Å². The number of ether oxygens (including phenoxy) is 2. The molecule has 9 aromatic carbocycles. The standard InChI is InChI=1S/C58H35N3O2S/c1-4-16-36(17-5-1)55-59-56(38-28-30-43-42-23-13-15-27-51(42)64-52(43)35-38)61-57(60-55)44-24-11-10-22-41(44)37-29-32-48-50(34-37)63-54-49(62-48)33-31-47-53(54)45-25-12-14-26-46(45)58(47,39-18-6-2-7-19-39)40-20-8-3-9-21-40/h1-35H. The summed E-state index contributed by atoms with van der Waals surface area (Å²) in [4.78, 5) is 15.4. The maximum absolute atomic E-state index is 7.10. The lowest BCUT2D eigenvalue weighted by Crippen LogP contribution is -2.28. The quantitative estimate of drug-likeness (QED) is 0.167. The molecule has 5 nitrogen and oxygen atoms in total. The minimum atomic E-state index is -0.556. The average molecular weight is 838 g/mol. The van der Waals surface area contributed by atoms with Crippen molar-refractivity contribution in [2.45, 2.75) is 5.41 Å². The number of nitrogens with zero attached hydrogens (tertiary/aromatic N) is 3. The van der Waals surface area contributed by atoms with Crippen LogP contribution in [-0.4, -0.2) is 15.0 Å². The minimum Gasteiger partial charge on any atom is -0.449 e. The normalized spacial score (nSPS) is 13.1. The predicted molar refractivity (Wildman–Crippen MR) is 258 cm³/mol. The molecule has 11 aromatic rings. The lowest BCUT2D eigenvalue weighted by Gasteiger charge is -2.34. The van der Waals surface area contributed by atoms with E-state index in [-0.39, 0.29) is 0 Å². The third kappa shape index (κ3) is 5.59. The Labute approximate surface area is 373 Å². The van der Waals surface area contributed by atoms with Crippen LogP contribution >= 0.6 is 11.3 Å². The van der Waals surface area contributed by atoms with Gasteiger partial charge in [-0.1, -0.05) is 182 Å². The molecule has 3 heterocycles. The fourth-order valence-corrected chi connectivity index (χ4v) is 11.0. The van der Waals surface area contributed by atoms with Gasteiger partial charge < -0.3 is 9.47 Å². The summed E-state index contributed by atoms with van der Waals surface area (Å²) in [6.07, 6.45) is 0. The van der Waals surface area contributed by atoms with Crippen LogP contribution < -0.4 is 9.47 Å². The maximum Gasteiger partial charge on any atom is 0.178 e. The fourth-order valence-electron chi connectivity index (χ4n) is 9.87. The van der Waals surface area contributed by atoms with E-state index < -0.39 is 5.41 Å². The first kappa shape index (κ1) is 36.5. The minimum absolute atomic E-state index is 0.556. The zero-order valence-electron chi connectivity index (χ0n) is 34.3. The molecule has 0 bridgehead atoms. The molecule has 13 rings (SSSR count). The first-order valence-corrected chi connectivity index (χ1v) is 22.2. The van der Waals surface area contributed by atoms with E-state index >= 15 is 0 Å². The van der Waals surface area contributed by atoms with Crippen molar-refractivity contribution in [1.82, 2.24) is 15.0 Å². The summed E-state index contributed by atoms with van der Waals surface area (Å²) < 4.78 is 16.3. The third-order valence-electron chi connectivity index (χ3n) is 12.7. The lowest BCUT2D eigenvalue weighted by molar-refractivity contribution is 0.360. The molecule has 64 heavy (non-hydrogen) atoms. The summed E-state index contributed by atoms with van der Waals surface area (Å²) in [6, 6.07) is 74.2. The smallest absolute Gasteiger partial charge is 0.178 e. The third-order valence-corrected chi connectivity index (χ3v) is 13.8. The number of benzene rings is 9. The number of rotatable bonds is 6. The van der Waals surface area contributed by atoms with Gasteiger partial charge in [-0.25, -0.2) is 15.0 Å². The Morgan fingerprint density at radius 2 is 0.953 bits per heavy atom. The fraction of sp³-hybridized carbons (Fsp3) is 0.0172. The van der Waals surface area contributed by atoms with Crippen molar-refractivity contribution in [2.75, 3.05) is 0 Å². The second-order valence-electron chi connectivity index (χ2n) is 16.2. The van der Waals surface area contributed by atoms with Crippen LogP contribution in [0.2, 0.25) is 0 Å². The first-order chi connectivity index (χ1) is 31.7. The van der Waals surface area contributed by atoms with Gasteiger partial charge in [0.15, 0.2) is 40.5 Å². The Kier molecular flexibility index (Phi) is 8.23. The molecule has 0 spiro atoms. The van der Waals surface area contributed by atoms with Gasteiger partial charge in [-0.3, -0.25) is 0 Å². The summed E-state index contributed by atoms with van der Waals surface area (Å²) in [7, 11) is 0. The van der Waals surface area contributed by atoms with Crippen LogP contribution in [0, 0.1) is 0 Å². The molecular formula is C58H35N3O2S. The van der Waals surface area contributed by atoms with E-state index in [1.165, 1.54) is 36.9 Å². The summed E-state index contributed by atoms with van der Waals surface area (Å²) in [6.45, 7) is 0. The van der Waals surface area contributed by atoms with Gasteiger partial charge in [0.25, 0.3) is 0 Å². The van der Waals surface area contributed by atoms with Crippen molar-refractivity contribution in [1.29, 1.82) is 0 Å². The second kappa shape index (κ2) is 14.4. The largest absolute Gasteiger partial charge is 0.449 e. The van der Waals surface area contributed by atoms with Crippen LogP contribution in [-0.2, 0) is 5.41 Å². The van der Waals surface area contributed by atoms with Gasteiger partial charge in [0.2, 0.25) is 0 Å². The van der Waals surface area contributed by atoms with E-state index in [0.29, 0.717) is 40.5 Å². The number of thiophene rings is 1.